The second-order valence-electron chi connectivity index (χ2n) is 2.89. The summed E-state index contributed by atoms with van der Waals surface area (Å²) in [6, 6.07) is 7.14. The van der Waals surface area contributed by atoms with Crippen molar-refractivity contribution < 1.29 is 4.74 Å². The van der Waals surface area contributed by atoms with Gasteiger partial charge in [-0.2, -0.15) is 0 Å². The van der Waals surface area contributed by atoms with Gasteiger partial charge in [0, 0.05) is 0 Å². The van der Waals surface area contributed by atoms with Gasteiger partial charge in [-0.05, 0) is 24.5 Å². The molecule has 2 nitrogen and oxygen atoms in total. The molecule has 0 radical (unpaired) electrons. The first-order valence-electron chi connectivity index (χ1n) is 4.13. The van der Waals surface area contributed by atoms with Crippen LogP contribution in [0.3, 0.4) is 0 Å². The van der Waals surface area contributed by atoms with Crippen molar-refractivity contribution in [3.8, 4) is 5.75 Å². The number of hydrogen-bond donors (Lipinski definition) is 0. The van der Waals surface area contributed by atoms with Crippen LogP contribution in [0.25, 0.3) is 0 Å². The summed E-state index contributed by atoms with van der Waals surface area (Å²) < 4.78 is 5.30. The SMILES string of the molecule is O=c1ccccc2c1OCCC2. The van der Waals surface area contributed by atoms with Crippen molar-refractivity contribution in [1.82, 2.24) is 0 Å². The molecule has 62 valence electrons. The molecule has 0 N–H and O–H groups in total. The van der Waals surface area contributed by atoms with E-state index in [1.807, 2.05) is 12.1 Å². The third-order valence-electron chi connectivity index (χ3n) is 2.01. The maximum absolute atomic E-state index is 11.3. The average molecular weight is 162 g/mol. The second kappa shape index (κ2) is 2.97. The van der Waals surface area contributed by atoms with Crippen LogP contribution in [-0.2, 0) is 6.42 Å². The third kappa shape index (κ3) is 1.20. The van der Waals surface area contributed by atoms with Crippen LogP contribution in [0.2, 0.25) is 0 Å². The number of ether oxygens (including phenoxy) is 1. The lowest BCUT2D eigenvalue weighted by atomic mass is 10.1. The van der Waals surface area contributed by atoms with Crippen LogP contribution in [0.15, 0.2) is 29.1 Å². The average Bonchev–Trinajstić information content (AvgIpc) is 2.29. The van der Waals surface area contributed by atoms with Crippen LogP contribution in [0, 0.1) is 0 Å². The molecule has 2 heteroatoms. The molecule has 1 aromatic rings. The van der Waals surface area contributed by atoms with E-state index in [4.69, 9.17) is 4.74 Å². The lowest BCUT2D eigenvalue weighted by Crippen LogP contribution is -2.14. The molecule has 12 heavy (non-hydrogen) atoms. The Balaban J connectivity index is 2.65. The molecule has 1 aliphatic heterocycles. The van der Waals surface area contributed by atoms with E-state index in [1.165, 1.54) is 0 Å². The smallest absolute Gasteiger partial charge is 0.220 e. The van der Waals surface area contributed by atoms with Gasteiger partial charge in [0.15, 0.2) is 5.75 Å². The molecule has 0 atom stereocenters. The monoisotopic (exact) mass is 162 g/mol. The van der Waals surface area contributed by atoms with Crippen molar-refractivity contribution in [2.75, 3.05) is 6.61 Å². The third-order valence-corrected chi connectivity index (χ3v) is 2.01. The second-order valence-corrected chi connectivity index (χ2v) is 2.89. The van der Waals surface area contributed by atoms with Crippen LogP contribution >= 0.6 is 0 Å². The van der Waals surface area contributed by atoms with Gasteiger partial charge in [0.05, 0.1) is 6.61 Å². The fourth-order valence-corrected chi connectivity index (χ4v) is 1.42. The highest BCUT2D eigenvalue weighted by Crippen LogP contribution is 2.18. The quantitative estimate of drug-likeness (QED) is 0.576. The van der Waals surface area contributed by atoms with E-state index in [1.54, 1.807) is 12.1 Å². The van der Waals surface area contributed by atoms with E-state index in [-0.39, 0.29) is 5.43 Å². The van der Waals surface area contributed by atoms with E-state index in [0.29, 0.717) is 12.4 Å². The fourth-order valence-electron chi connectivity index (χ4n) is 1.42. The summed E-state index contributed by atoms with van der Waals surface area (Å²) in [5.41, 5.74) is 1.03. The topological polar surface area (TPSA) is 26.3 Å². The summed E-state index contributed by atoms with van der Waals surface area (Å²) in [4.78, 5) is 11.3. The van der Waals surface area contributed by atoms with Gasteiger partial charge in [0.2, 0.25) is 5.43 Å². The Bertz CT molecular complexity index is 344. The zero-order valence-corrected chi connectivity index (χ0v) is 6.75. The molecule has 0 bridgehead atoms. The van der Waals surface area contributed by atoms with E-state index < -0.39 is 0 Å². The Morgan fingerprint density at radius 1 is 1.25 bits per heavy atom. The Morgan fingerprint density at radius 3 is 3.00 bits per heavy atom. The molecule has 1 aliphatic rings. The predicted octanol–water partition coefficient (Wildman–Crippen LogP) is 1.37. The molecule has 0 aliphatic carbocycles. The largest absolute Gasteiger partial charge is 0.489 e. The van der Waals surface area contributed by atoms with E-state index in [0.717, 1.165) is 18.4 Å². The van der Waals surface area contributed by atoms with Gasteiger partial charge in [-0.3, -0.25) is 4.79 Å². The summed E-state index contributed by atoms with van der Waals surface area (Å²) in [6.45, 7) is 0.673. The van der Waals surface area contributed by atoms with Crippen LogP contribution in [0.5, 0.6) is 5.75 Å². The zero-order chi connectivity index (χ0) is 8.39. The summed E-state index contributed by atoms with van der Waals surface area (Å²) >= 11 is 0. The van der Waals surface area contributed by atoms with Crippen molar-refractivity contribution >= 4 is 0 Å². The molecule has 1 heterocycles. The highest BCUT2D eigenvalue weighted by Gasteiger charge is 2.10. The minimum atomic E-state index is -0.00491. The fraction of sp³-hybridized carbons (Fsp3) is 0.300. The minimum absolute atomic E-state index is 0.00491. The van der Waals surface area contributed by atoms with Gasteiger partial charge < -0.3 is 4.74 Å². The lowest BCUT2D eigenvalue weighted by molar-refractivity contribution is 0.286. The molecule has 0 fully saturated rings. The van der Waals surface area contributed by atoms with E-state index >= 15 is 0 Å². The molecular formula is C10H10O2. The molecule has 0 unspecified atom stereocenters. The predicted molar refractivity (Wildman–Crippen MR) is 46.5 cm³/mol. The molecule has 0 amide bonds. The van der Waals surface area contributed by atoms with Crippen LogP contribution in [0.1, 0.15) is 12.0 Å². The number of fused-ring (bicyclic) bond motifs is 1. The molecule has 0 spiro atoms. The molecule has 0 saturated heterocycles. The first kappa shape index (κ1) is 7.35. The van der Waals surface area contributed by atoms with Gasteiger partial charge in [-0.15, -0.1) is 0 Å². The maximum atomic E-state index is 11.3. The maximum Gasteiger partial charge on any atom is 0.220 e. The van der Waals surface area contributed by atoms with Crippen LogP contribution < -0.4 is 10.2 Å². The van der Waals surface area contributed by atoms with Crippen molar-refractivity contribution in [2.24, 2.45) is 0 Å². The number of hydrogen-bond acceptors (Lipinski definition) is 2. The Labute approximate surface area is 70.8 Å². The van der Waals surface area contributed by atoms with Crippen LogP contribution in [-0.4, -0.2) is 6.61 Å². The lowest BCUT2D eigenvalue weighted by Gasteiger charge is -2.13. The van der Waals surface area contributed by atoms with Gasteiger partial charge in [0.25, 0.3) is 0 Å². The Hall–Kier alpha value is -1.31. The highest BCUT2D eigenvalue weighted by molar-refractivity contribution is 5.33. The normalized spacial score (nSPS) is 14.7. The first-order chi connectivity index (χ1) is 5.88. The Morgan fingerprint density at radius 2 is 2.08 bits per heavy atom. The van der Waals surface area contributed by atoms with Crippen molar-refractivity contribution in [3.05, 3.63) is 40.1 Å². The highest BCUT2D eigenvalue weighted by atomic mass is 16.5. The van der Waals surface area contributed by atoms with E-state index in [9.17, 15) is 4.79 Å². The summed E-state index contributed by atoms with van der Waals surface area (Å²) in [5.74, 6) is 0.547. The summed E-state index contributed by atoms with van der Waals surface area (Å²) in [5, 5.41) is 0. The first-order valence-corrected chi connectivity index (χ1v) is 4.13. The van der Waals surface area contributed by atoms with Gasteiger partial charge >= 0.3 is 0 Å². The molecule has 0 saturated carbocycles. The van der Waals surface area contributed by atoms with Gasteiger partial charge in [-0.25, -0.2) is 0 Å². The van der Waals surface area contributed by atoms with Crippen molar-refractivity contribution in [3.63, 3.8) is 0 Å². The zero-order valence-electron chi connectivity index (χ0n) is 6.75. The van der Waals surface area contributed by atoms with Crippen molar-refractivity contribution in [2.45, 2.75) is 12.8 Å². The molecular weight excluding hydrogens is 152 g/mol. The van der Waals surface area contributed by atoms with Crippen molar-refractivity contribution in [1.29, 1.82) is 0 Å². The van der Waals surface area contributed by atoms with Gasteiger partial charge in [-0.1, -0.05) is 18.2 Å². The molecule has 1 aromatic carbocycles. The van der Waals surface area contributed by atoms with Gasteiger partial charge in [0.1, 0.15) is 0 Å². The molecule has 0 aromatic heterocycles. The number of rotatable bonds is 0. The minimum Gasteiger partial charge on any atom is -0.489 e. The standard InChI is InChI=1S/C10H10O2/c11-9-6-2-1-4-8-5-3-7-12-10(8)9/h1-2,4,6H,3,5,7H2. The summed E-state index contributed by atoms with van der Waals surface area (Å²) in [6.07, 6.45) is 1.97. The summed E-state index contributed by atoms with van der Waals surface area (Å²) in [7, 11) is 0. The number of aryl methyl sites for hydroxylation is 1. The Kier molecular flexibility index (Phi) is 1.82. The van der Waals surface area contributed by atoms with E-state index in [2.05, 4.69) is 0 Å². The van der Waals surface area contributed by atoms with Crippen LogP contribution in [0.4, 0.5) is 0 Å². The molecule has 2 rings (SSSR count).